The first-order valence-corrected chi connectivity index (χ1v) is 6.38. The molecule has 1 fully saturated rings. The number of rotatable bonds is 5. The van der Waals surface area contributed by atoms with Crippen LogP contribution in [0.25, 0.3) is 11.3 Å². The van der Waals surface area contributed by atoms with Crippen LogP contribution in [0, 0.1) is 5.82 Å². The normalized spacial score (nSPS) is 14.6. The molecule has 0 spiro atoms. The van der Waals surface area contributed by atoms with Crippen LogP contribution in [0.5, 0.6) is 5.75 Å². The Morgan fingerprint density at radius 3 is 3.05 bits per heavy atom. The molecule has 2 aromatic rings. The highest BCUT2D eigenvalue weighted by Crippen LogP contribution is 2.31. The Morgan fingerprint density at radius 2 is 2.32 bits per heavy atom. The number of methoxy groups -OCH3 is 1. The largest absolute Gasteiger partial charge is 0.496 e. The first kappa shape index (κ1) is 12.2. The maximum absolute atomic E-state index is 13.9. The molecule has 0 radical (unpaired) electrons. The molecule has 0 aliphatic heterocycles. The SMILES string of the molecule is COc1cccc(F)c1-c1cc(CNC2CC2)[nH]n1. The van der Waals surface area contributed by atoms with Crippen LogP contribution in [0.2, 0.25) is 0 Å². The minimum atomic E-state index is -0.326. The second-order valence-corrected chi connectivity index (χ2v) is 4.75. The van der Waals surface area contributed by atoms with E-state index in [0.717, 1.165) is 12.2 Å². The second-order valence-electron chi connectivity index (χ2n) is 4.75. The van der Waals surface area contributed by atoms with Crippen LogP contribution >= 0.6 is 0 Å². The number of H-pyrrole nitrogens is 1. The van der Waals surface area contributed by atoms with Gasteiger partial charge in [-0.15, -0.1) is 0 Å². The number of halogens is 1. The Labute approximate surface area is 111 Å². The predicted molar refractivity (Wildman–Crippen MR) is 70.4 cm³/mol. The molecule has 1 aliphatic carbocycles. The molecule has 19 heavy (non-hydrogen) atoms. The molecular weight excluding hydrogens is 245 g/mol. The van der Waals surface area contributed by atoms with Crippen LogP contribution in [0.1, 0.15) is 18.5 Å². The predicted octanol–water partition coefficient (Wildman–Crippen LogP) is 2.48. The van der Waals surface area contributed by atoms with E-state index in [1.54, 1.807) is 12.1 Å². The van der Waals surface area contributed by atoms with Gasteiger partial charge in [-0.2, -0.15) is 5.10 Å². The van der Waals surface area contributed by atoms with Crippen LogP contribution in [0.3, 0.4) is 0 Å². The number of hydrogen-bond donors (Lipinski definition) is 2. The minimum Gasteiger partial charge on any atom is -0.496 e. The zero-order valence-corrected chi connectivity index (χ0v) is 10.7. The number of benzene rings is 1. The molecule has 0 bridgehead atoms. The molecule has 5 heteroatoms. The average Bonchev–Trinajstić information content (AvgIpc) is 3.14. The van der Waals surface area contributed by atoms with Gasteiger partial charge in [0.2, 0.25) is 0 Å². The van der Waals surface area contributed by atoms with Crippen molar-refractivity contribution in [3.8, 4) is 17.0 Å². The van der Waals surface area contributed by atoms with E-state index in [0.29, 0.717) is 23.0 Å². The zero-order chi connectivity index (χ0) is 13.2. The molecule has 1 heterocycles. The minimum absolute atomic E-state index is 0.326. The number of aromatic nitrogens is 2. The highest BCUT2D eigenvalue weighted by atomic mass is 19.1. The molecule has 100 valence electrons. The van der Waals surface area contributed by atoms with Gasteiger partial charge in [-0.3, -0.25) is 5.10 Å². The summed E-state index contributed by atoms with van der Waals surface area (Å²) in [5.41, 5.74) is 1.92. The lowest BCUT2D eigenvalue weighted by Crippen LogP contribution is -2.15. The third-order valence-electron chi connectivity index (χ3n) is 3.24. The van der Waals surface area contributed by atoms with Crippen molar-refractivity contribution in [2.45, 2.75) is 25.4 Å². The molecule has 1 aromatic heterocycles. The highest BCUT2D eigenvalue weighted by molar-refractivity contribution is 5.68. The number of ether oxygens (including phenoxy) is 1. The molecule has 0 unspecified atom stereocenters. The van der Waals surface area contributed by atoms with Crippen molar-refractivity contribution in [3.63, 3.8) is 0 Å². The van der Waals surface area contributed by atoms with E-state index < -0.39 is 0 Å². The zero-order valence-electron chi connectivity index (χ0n) is 10.7. The van der Waals surface area contributed by atoms with Crippen LogP contribution in [0.15, 0.2) is 24.3 Å². The van der Waals surface area contributed by atoms with Crippen molar-refractivity contribution >= 4 is 0 Å². The van der Waals surface area contributed by atoms with E-state index in [2.05, 4.69) is 15.5 Å². The molecule has 3 rings (SSSR count). The molecule has 0 saturated heterocycles. The van der Waals surface area contributed by atoms with Gasteiger partial charge in [0.1, 0.15) is 11.6 Å². The van der Waals surface area contributed by atoms with Gasteiger partial charge < -0.3 is 10.1 Å². The lowest BCUT2D eigenvalue weighted by Gasteiger charge is -2.06. The first-order valence-electron chi connectivity index (χ1n) is 6.38. The summed E-state index contributed by atoms with van der Waals surface area (Å²) >= 11 is 0. The Kier molecular flexibility index (Phi) is 3.21. The molecule has 1 aromatic carbocycles. The smallest absolute Gasteiger partial charge is 0.136 e. The fourth-order valence-electron chi connectivity index (χ4n) is 2.05. The van der Waals surface area contributed by atoms with Crippen LogP contribution in [0.4, 0.5) is 4.39 Å². The van der Waals surface area contributed by atoms with Gasteiger partial charge in [0.05, 0.1) is 18.4 Å². The second kappa shape index (κ2) is 5.01. The van der Waals surface area contributed by atoms with Gasteiger partial charge in [0.15, 0.2) is 0 Å². The van der Waals surface area contributed by atoms with Gasteiger partial charge in [-0.05, 0) is 31.0 Å². The van der Waals surface area contributed by atoms with E-state index in [1.165, 1.54) is 26.0 Å². The van der Waals surface area contributed by atoms with Crippen molar-refractivity contribution in [3.05, 3.63) is 35.8 Å². The fourth-order valence-corrected chi connectivity index (χ4v) is 2.05. The quantitative estimate of drug-likeness (QED) is 0.869. The van der Waals surface area contributed by atoms with Gasteiger partial charge in [-0.25, -0.2) is 4.39 Å². The Morgan fingerprint density at radius 1 is 1.47 bits per heavy atom. The maximum atomic E-state index is 13.9. The summed E-state index contributed by atoms with van der Waals surface area (Å²) in [6.45, 7) is 0.731. The number of aromatic amines is 1. The van der Waals surface area contributed by atoms with Crippen molar-refractivity contribution in [1.82, 2.24) is 15.5 Å². The average molecular weight is 261 g/mol. The molecule has 0 atom stereocenters. The summed E-state index contributed by atoms with van der Waals surface area (Å²) in [7, 11) is 1.53. The summed E-state index contributed by atoms with van der Waals surface area (Å²) in [6.07, 6.45) is 2.48. The van der Waals surface area contributed by atoms with E-state index in [1.807, 2.05) is 6.07 Å². The third-order valence-corrected chi connectivity index (χ3v) is 3.24. The molecule has 1 aliphatic rings. The summed E-state index contributed by atoms with van der Waals surface area (Å²) in [6, 6.07) is 7.26. The van der Waals surface area contributed by atoms with Gasteiger partial charge in [-0.1, -0.05) is 6.07 Å². The molecule has 2 N–H and O–H groups in total. The van der Waals surface area contributed by atoms with Gasteiger partial charge >= 0.3 is 0 Å². The van der Waals surface area contributed by atoms with E-state index in [-0.39, 0.29) is 5.82 Å². The van der Waals surface area contributed by atoms with Crippen LogP contribution < -0.4 is 10.1 Å². The Balaban J connectivity index is 1.84. The number of nitrogens with zero attached hydrogens (tertiary/aromatic N) is 1. The number of nitrogens with one attached hydrogen (secondary N) is 2. The lowest BCUT2D eigenvalue weighted by molar-refractivity contribution is 0.413. The maximum Gasteiger partial charge on any atom is 0.136 e. The topological polar surface area (TPSA) is 49.9 Å². The Bertz CT molecular complexity index is 578. The lowest BCUT2D eigenvalue weighted by atomic mass is 10.1. The van der Waals surface area contributed by atoms with E-state index in [4.69, 9.17) is 4.74 Å². The van der Waals surface area contributed by atoms with E-state index >= 15 is 0 Å². The fraction of sp³-hybridized carbons (Fsp3) is 0.357. The van der Waals surface area contributed by atoms with Crippen molar-refractivity contribution in [1.29, 1.82) is 0 Å². The van der Waals surface area contributed by atoms with E-state index in [9.17, 15) is 4.39 Å². The number of hydrogen-bond acceptors (Lipinski definition) is 3. The van der Waals surface area contributed by atoms with Crippen LogP contribution in [-0.4, -0.2) is 23.3 Å². The molecule has 1 saturated carbocycles. The highest BCUT2D eigenvalue weighted by Gasteiger charge is 2.21. The summed E-state index contributed by atoms with van der Waals surface area (Å²) < 4.78 is 19.1. The van der Waals surface area contributed by atoms with Crippen molar-refractivity contribution < 1.29 is 9.13 Å². The summed E-state index contributed by atoms with van der Waals surface area (Å²) in [4.78, 5) is 0. The molecule has 4 nitrogen and oxygen atoms in total. The molecular formula is C14H16FN3O. The van der Waals surface area contributed by atoms with Crippen LogP contribution in [-0.2, 0) is 6.54 Å². The standard InChI is InChI=1S/C14H16FN3O/c1-19-13-4-2-3-11(15)14(13)12-7-10(17-18-12)8-16-9-5-6-9/h2-4,7,9,16H,5-6,8H2,1H3,(H,17,18). The van der Waals surface area contributed by atoms with Crippen molar-refractivity contribution in [2.24, 2.45) is 0 Å². The summed E-state index contributed by atoms with van der Waals surface area (Å²) in [5.74, 6) is 0.167. The van der Waals surface area contributed by atoms with Gasteiger partial charge in [0, 0.05) is 18.3 Å². The van der Waals surface area contributed by atoms with Gasteiger partial charge in [0.25, 0.3) is 0 Å². The summed E-state index contributed by atoms with van der Waals surface area (Å²) in [5, 5.41) is 10.5. The Hall–Kier alpha value is -1.88. The monoisotopic (exact) mass is 261 g/mol. The first-order chi connectivity index (χ1) is 9.28. The van der Waals surface area contributed by atoms with Crippen molar-refractivity contribution in [2.75, 3.05) is 7.11 Å². The molecule has 0 amide bonds. The third kappa shape index (κ3) is 2.61.